The third-order valence-corrected chi connectivity index (χ3v) is 2.66. The van der Waals surface area contributed by atoms with Gasteiger partial charge in [0.05, 0.1) is 6.04 Å². The van der Waals surface area contributed by atoms with E-state index in [-0.39, 0.29) is 12.1 Å². The highest BCUT2D eigenvalue weighted by Gasteiger charge is 2.26. The van der Waals surface area contributed by atoms with E-state index < -0.39 is 5.60 Å². The smallest absolute Gasteiger partial charge is 0.408 e. The summed E-state index contributed by atoms with van der Waals surface area (Å²) in [5, 5.41) is 2.89. The van der Waals surface area contributed by atoms with Gasteiger partial charge >= 0.3 is 6.09 Å². The van der Waals surface area contributed by atoms with Gasteiger partial charge in [0.2, 0.25) is 0 Å². The number of hydrogen-bond acceptors (Lipinski definition) is 3. The molecule has 4 heteroatoms. The SMILES string of the molecule is CC(C)(C)OC(=O)N[C@@H]1CCc2ncccc21. The van der Waals surface area contributed by atoms with Crippen LogP contribution in [0.2, 0.25) is 0 Å². The molecule has 0 saturated heterocycles. The van der Waals surface area contributed by atoms with E-state index in [1.54, 1.807) is 6.20 Å². The van der Waals surface area contributed by atoms with E-state index in [2.05, 4.69) is 10.3 Å². The Bertz CT molecular complexity index is 424. The van der Waals surface area contributed by atoms with Crippen molar-refractivity contribution in [3.8, 4) is 0 Å². The van der Waals surface area contributed by atoms with Gasteiger partial charge in [0.1, 0.15) is 5.60 Å². The van der Waals surface area contributed by atoms with E-state index in [4.69, 9.17) is 4.74 Å². The summed E-state index contributed by atoms with van der Waals surface area (Å²) in [5.74, 6) is 0. The number of pyridine rings is 1. The molecule has 2 rings (SSSR count). The van der Waals surface area contributed by atoms with Gasteiger partial charge in [0.25, 0.3) is 0 Å². The summed E-state index contributed by atoms with van der Waals surface area (Å²) >= 11 is 0. The molecular formula is C13H18N2O2. The number of aromatic nitrogens is 1. The highest BCUT2D eigenvalue weighted by atomic mass is 16.6. The zero-order chi connectivity index (χ0) is 12.5. The molecular weight excluding hydrogens is 216 g/mol. The third-order valence-electron chi connectivity index (χ3n) is 2.66. The lowest BCUT2D eigenvalue weighted by molar-refractivity contribution is 0.0504. The number of carbonyl (C=O) groups excluding carboxylic acids is 1. The summed E-state index contributed by atoms with van der Waals surface area (Å²) in [6.07, 6.45) is 3.23. The van der Waals surface area contributed by atoms with Crippen LogP contribution in [0.15, 0.2) is 18.3 Å². The summed E-state index contributed by atoms with van der Waals surface area (Å²) in [4.78, 5) is 16.0. The molecule has 0 aromatic carbocycles. The van der Waals surface area contributed by atoms with Crippen LogP contribution >= 0.6 is 0 Å². The quantitative estimate of drug-likeness (QED) is 0.812. The van der Waals surface area contributed by atoms with Gasteiger partial charge in [-0.3, -0.25) is 4.98 Å². The van der Waals surface area contributed by atoms with Crippen molar-refractivity contribution in [3.05, 3.63) is 29.6 Å². The molecule has 1 aromatic rings. The summed E-state index contributed by atoms with van der Waals surface area (Å²) in [6, 6.07) is 3.94. The Labute approximate surface area is 101 Å². The van der Waals surface area contributed by atoms with Crippen LogP contribution in [0, 0.1) is 0 Å². The number of nitrogens with one attached hydrogen (secondary N) is 1. The average Bonchev–Trinajstić information content (AvgIpc) is 2.59. The van der Waals surface area contributed by atoms with Crippen molar-refractivity contribution in [2.45, 2.75) is 45.3 Å². The molecule has 0 aliphatic heterocycles. The molecule has 4 nitrogen and oxygen atoms in total. The molecule has 0 spiro atoms. The van der Waals surface area contributed by atoms with Gasteiger partial charge in [-0.15, -0.1) is 0 Å². The number of ether oxygens (including phenoxy) is 1. The highest BCUT2D eigenvalue weighted by Crippen LogP contribution is 2.29. The molecule has 1 heterocycles. The van der Waals surface area contributed by atoms with Gasteiger partial charge in [-0.05, 0) is 45.2 Å². The first kappa shape index (κ1) is 11.9. The molecule has 1 aromatic heterocycles. The van der Waals surface area contributed by atoms with Crippen molar-refractivity contribution in [1.82, 2.24) is 10.3 Å². The van der Waals surface area contributed by atoms with Crippen molar-refractivity contribution >= 4 is 6.09 Å². The zero-order valence-electron chi connectivity index (χ0n) is 10.5. The van der Waals surface area contributed by atoms with E-state index in [1.165, 1.54) is 0 Å². The molecule has 0 radical (unpaired) electrons. The maximum absolute atomic E-state index is 11.7. The van der Waals surface area contributed by atoms with Gasteiger partial charge in [-0.1, -0.05) is 6.07 Å². The second-order valence-corrected chi connectivity index (χ2v) is 5.28. The third kappa shape index (κ3) is 2.96. The standard InChI is InChI=1S/C13H18N2O2/c1-13(2,3)17-12(16)15-11-7-6-10-9(11)5-4-8-14-10/h4-5,8,11H,6-7H2,1-3H3,(H,15,16)/t11-/m1/s1. The second kappa shape index (κ2) is 4.35. The number of amides is 1. The van der Waals surface area contributed by atoms with Gasteiger partial charge in [0, 0.05) is 11.9 Å². The molecule has 1 amide bonds. The number of carbonyl (C=O) groups is 1. The molecule has 0 bridgehead atoms. The Hall–Kier alpha value is -1.58. The average molecular weight is 234 g/mol. The van der Waals surface area contributed by atoms with Crippen LogP contribution < -0.4 is 5.32 Å². The van der Waals surface area contributed by atoms with Crippen molar-refractivity contribution in [2.24, 2.45) is 0 Å². The monoisotopic (exact) mass is 234 g/mol. The number of rotatable bonds is 1. The van der Waals surface area contributed by atoms with E-state index in [1.807, 2.05) is 32.9 Å². The second-order valence-electron chi connectivity index (χ2n) is 5.28. The Morgan fingerprint density at radius 2 is 2.29 bits per heavy atom. The van der Waals surface area contributed by atoms with Crippen LogP contribution in [-0.2, 0) is 11.2 Å². The maximum atomic E-state index is 11.7. The maximum Gasteiger partial charge on any atom is 0.408 e. The van der Waals surface area contributed by atoms with Crippen LogP contribution in [-0.4, -0.2) is 16.7 Å². The van der Waals surface area contributed by atoms with Crippen molar-refractivity contribution in [2.75, 3.05) is 0 Å². The molecule has 1 atom stereocenters. The number of aryl methyl sites for hydroxylation is 1. The van der Waals surface area contributed by atoms with Crippen LogP contribution in [0.5, 0.6) is 0 Å². The van der Waals surface area contributed by atoms with E-state index in [9.17, 15) is 4.79 Å². The molecule has 1 N–H and O–H groups in total. The predicted molar refractivity (Wildman–Crippen MR) is 64.7 cm³/mol. The van der Waals surface area contributed by atoms with Crippen molar-refractivity contribution in [3.63, 3.8) is 0 Å². The largest absolute Gasteiger partial charge is 0.444 e. The summed E-state index contributed by atoms with van der Waals surface area (Å²) in [7, 11) is 0. The fourth-order valence-corrected chi connectivity index (χ4v) is 2.01. The van der Waals surface area contributed by atoms with Crippen molar-refractivity contribution < 1.29 is 9.53 Å². The van der Waals surface area contributed by atoms with Crippen molar-refractivity contribution in [1.29, 1.82) is 0 Å². The lowest BCUT2D eigenvalue weighted by atomic mass is 10.1. The minimum absolute atomic E-state index is 0.0357. The van der Waals surface area contributed by atoms with Crippen LogP contribution in [0.25, 0.3) is 0 Å². The molecule has 0 fully saturated rings. The van der Waals surface area contributed by atoms with E-state index >= 15 is 0 Å². The molecule has 0 unspecified atom stereocenters. The molecule has 17 heavy (non-hydrogen) atoms. The first-order valence-corrected chi connectivity index (χ1v) is 5.89. The van der Waals surface area contributed by atoms with Gasteiger partial charge < -0.3 is 10.1 Å². The topological polar surface area (TPSA) is 51.2 Å². The lowest BCUT2D eigenvalue weighted by Crippen LogP contribution is -2.34. The number of fused-ring (bicyclic) bond motifs is 1. The van der Waals surface area contributed by atoms with Crippen LogP contribution in [0.1, 0.15) is 44.5 Å². The van der Waals surface area contributed by atoms with Crippen LogP contribution in [0.3, 0.4) is 0 Å². The fraction of sp³-hybridized carbons (Fsp3) is 0.538. The number of hydrogen-bond donors (Lipinski definition) is 1. The van der Waals surface area contributed by atoms with Gasteiger partial charge in [-0.2, -0.15) is 0 Å². The minimum Gasteiger partial charge on any atom is -0.444 e. The first-order chi connectivity index (χ1) is 7.96. The number of nitrogens with zero attached hydrogens (tertiary/aromatic N) is 1. The Morgan fingerprint density at radius 1 is 1.53 bits per heavy atom. The lowest BCUT2D eigenvalue weighted by Gasteiger charge is -2.22. The van der Waals surface area contributed by atoms with E-state index in [0.717, 1.165) is 24.1 Å². The van der Waals surface area contributed by atoms with Gasteiger partial charge in [0.15, 0.2) is 0 Å². The highest BCUT2D eigenvalue weighted by molar-refractivity contribution is 5.68. The minimum atomic E-state index is -0.458. The molecule has 92 valence electrons. The fourth-order valence-electron chi connectivity index (χ4n) is 2.01. The first-order valence-electron chi connectivity index (χ1n) is 5.89. The van der Waals surface area contributed by atoms with Crippen LogP contribution in [0.4, 0.5) is 4.79 Å². The normalized spacial score (nSPS) is 18.6. The predicted octanol–water partition coefficient (Wildman–Crippen LogP) is 2.59. The molecule has 1 aliphatic rings. The molecule has 1 aliphatic carbocycles. The molecule has 0 saturated carbocycles. The summed E-state index contributed by atoms with van der Waals surface area (Å²) < 4.78 is 5.24. The van der Waals surface area contributed by atoms with Gasteiger partial charge in [-0.25, -0.2) is 4.79 Å². The summed E-state index contributed by atoms with van der Waals surface area (Å²) in [6.45, 7) is 5.57. The van der Waals surface area contributed by atoms with E-state index in [0.29, 0.717) is 0 Å². The Kier molecular flexibility index (Phi) is 3.05. The summed E-state index contributed by atoms with van der Waals surface area (Å²) in [5.41, 5.74) is 1.73. The number of alkyl carbamates (subject to hydrolysis) is 1. The zero-order valence-corrected chi connectivity index (χ0v) is 10.5. The Balaban J connectivity index is 2.00. The Morgan fingerprint density at radius 3 is 3.00 bits per heavy atom.